The molecule has 0 atom stereocenters. The minimum atomic E-state index is -0.465. The standard InChI is InChI=1S/C12H9ClN2O2S/c1-17-12(16)8-6-14-7-15-10(8)2-3-11-9(13)4-5-18-11/h2-7H,1H3/b3-2+. The van der Waals surface area contributed by atoms with Crippen LogP contribution in [-0.4, -0.2) is 23.0 Å². The fraction of sp³-hybridized carbons (Fsp3) is 0.0833. The SMILES string of the molecule is COC(=O)c1cncnc1/C=C/c1sccc1Cl. The number of methoxy groups -OCH3 is 1. The fourth-order valence-electron chi connectivity index (χ4n) is 1.32. The van der Waals surface area contributed by atoms with E-state index in [1.54, 1.807) is 6.08 Å². The first-order valence-corrected chi connectivity index (χ1v) is 6.27. The van der Waals surface area contributed by atoms with Crippen molar-refractivity contribution < 1.29 is 9.53 Å². The molecule has 18 heavy (non-hydrogen) atoms. The number of ether oxygens (including phenoxy) is 1. The maximum atomic E-state index is 11.5. The lowest BCUT2D eigenvalue weighted by atomic mass is 10.2. The Labute approximate surface area is 113 Å². The van der Waals surface area contributed by atoms with Crippen molar-refractivity contribution in [2.24, 2.45) is 0 Å². The molecule has 0 bridgehead atoms. The smallest absolute Gasteiger partial charge is 0.341 e. The van der Waals surface area contributed by atoms with Crippen LogP contribution in [0.4, 0.5) is 0 Å². The van der Waals surface area contributed by atoms with Gasteiger partial charge in [0, 0.05) is 11.1 Å². The molecular formula is C12H9ClN2O2S. The average Bonchev–Trinajstić information content (AvgIpc) is 2.81. The fourth-order valence-corrected chi connectivity index (χ4v) is 2.33. The molecule has 0 spiro atoms. The van der Waals surface area contributed by atoms with Crippen molar-refractivity contribution >= 4 is 41.1 Å². The van der Waals surface area contributed by atoms with E-state index in [2.05, 4.69) is 14.7 Å². The minimum absolute atomic E-state index is 0.323. The Balaban J connectivity index is 2.32. The molecule has 2 aromatic heterocycles. The van der Waals surface area contributed by atoms with E-state index in [0.29, 0.717) is 16.3 Å². The highest BCUT2D eigenvalue weighted by Crippen LogP contribution is 2.24. The summed E-state index contributed by atoms with van der Waals surface area (Å²) in [6.07, 6.45) is 6.32. The van der Waals surface area contributed by atoms with Crippen molar-refractivity contribution in [3.8, 4) is 0 Å². The van der Waals surface area contributed by atoms with Gasteiger partial charge in [-0.1, -0.05) is 11.6 Å². The van der Waals surface area contributed by atoms with Crippen molar-refractivity contribution in [3.63, 3.8) is 0 Å². The van der Waals surface area contributed by atoms with E-state index in [1.807, 2.05) is 17.5 Å². The summed E-state index contributed by atoms with van der Waals surface area (Å²) in [5.74, 6) is -0.465. The number of carbonyl (C=O) groups is 1. The molecule has 2 heterocycles. The number of carbonyl (C=O) groups excluding carboxylic acids is 1. The van der Waals surface area contributed by atoms with E-state index in [1.165, 1.54) is 31.0 Å². The molecule has 6 heteroatoms. The maximum absolute atomic E-state index is 11.5. The molecule has 2 aromatic rings. The summed E-state index contributed by atoms with van der Waals surface area (Å²) in [6.45, 7) is 0. The summed E-state index contributed by atoms with van der Waals surface area (Å²) in [4.78, 5) is 20.3. The van der Waals surface area contributed by atoms with Crippen molar-refractivity contribution in [1.82, 2.24) is 9.97 Å². The Morgan fingerprint density at radius 1 is 1.50 bits per heavy atom. The molecule has 0 N–H and O–H groups in total. The second-order valence-electron chi connectivity index (χ2n) is 3.28. The molecule has 0 saturated carbocycles. The molecule has 0 aliphatic carbocycles. The number of esters is 1. The molecule has 0 amide bonds. The van der Waals surface area contributed by atoms with Crippen molar-refractivity contribution in [3.05, 3.63) is 45.1 Å². The van der Waals surface area contributed by atoms with E-state index in [-0.39, 0.29) is 0 Å². The Kier molecular flexibility index (Phi) is 4.07. The highest BCUT2D eigenvalue weighted by molar-refractivity contribution is 7.11. The highest BCUT2D eigenvalue weighted by Gasteiger charge is 2.11. The van der Waals surface area contributed by atoms with Crippen molar-refractivity contribution in [2.75, 3.05) is 7.11 Å². The first kappa shape index (κ1) is 12.7. The van der Waals surface area contributed by atoms with Gasteiger partial charge in [-0.3, -0.25) is 0 Å². The second kappa shape index (κ2) is 5.75. The molecular weight excluding hydrogens is 272 g/mol. The average molecular weight is 281 g/mol. The van der Waals surface area contributed by atoms with Crippen LogP contribution in [-0.2, 0) is 4.74 Å². The van der Waals surface area contributed by atoms with Crippen LogP contribution < -0.4 is 0 Å². The van der Waals surface area contributed by atoms with Gasteiger partial charge in [-0.25, -0.2) is 14.8 Å². The van der Waals surface area contributed by atoms with E-state index in [4.69, 9.17) is 11.6 Å². The summed E-state index contributed by atoms with van der Waals surface area (Å²) in [5, 5.41) is 2.56. The van der Waals surface area contributed by atoms with Gasteiger partial charge in [0.1, 0.15) is 11.9 Å². The normalized spacial score (nSPS) is 10.8. The molecule has 0 radical (unpaired) electrons. The van der Waals surface area contributed by atoms with Crippen LogP contribution in [0.15, 0.2) is 24.0 Å². The van der Waals surface area contributed by atoms with Crippen LogP contribution in [0.1, 0.15) is 20.9 Å². The van der Waals surface area contributed by atoms with Crippen LogP contribution in [0.5, 0.6) is 0 Å². The van der Waals surface area contributed by atoms with Crippen LogP contribution in [0.3, 0.4) is 0 Å². The minimum Gasteiger partial charge on any atom is -0.465 e. The van der Waals surface area contributed by atoms with Gasteiger partial charge in [0.15, 0.2) is 0 Å². The van der Waals surface area contributed by atoms with Gasteiger partial charge >= 0.3 is 5.97 Å². The third-order valence-electron chi connectivity index (χ3n) is 2.19. The number of halogens is 1. The molecule has 0 unspecified atom stereocenters. The number of hydrogen-bond acceptors (Lipinski definition) is 5. The van der Waals surface area contributed by atoms with Crippen LogP contribution >= 0.6 is 22.9 Å². The predicted molar refractivity (Wildman–Crippen MR) is 71.6 cm³/mol. The maximum Gasteiger partial charge on any atom is 0.341 e. The number of aromatic nitrogens is 2. The predicted octanol–water partition coefficient (Wildman–Crippen LogP) is 3.15. The third-order valence-corrected chi connectivity index (χ3v) is 3.51. The Morgan fingerprint density at radius 2 is 2.33 bits per heavy atom. The topological polar surface area (TPSA) is 52.1 Å². The molecule has 2 rings (SSSR count). The van der Waals surface area contributed by atoms with E-state index >= 15 is 0 Å². The van der Waals surface area contributed by atoms with Crippen LogP contribution in [0.25, 0.3) is 12.2 Å². The quantitative estimate of drug-likeness (QED) is 0.811. The largest absolute Gasteiger partial charge is 0.465 e. The third kappa shape index (κ3) is 2.75. The summed E-state index contributed by atoms with van der Waals surface area (Å²) in [6, 6.07) is 1.81. The molecule has 92 valence electrons. The zero-order valence-electron chi connectivity index (χ0n) is 9.46. The van der Waals surface area contributed by atoms with Gasteiger partial charge < -0.3 is 4.74 Å². The Bertz CT molecular complexity index is 595. The number of rotatable bonds is 3. The highest BCUT2D eigenvalue weighted by atomic mass is 35.5. The van der Waals surface area contributed by atoms with Gasteiger partial charge in [0.2, 0.25) is 0 Å². The molecule has 0 saturated heterocycles. The van der Waals surface area contributed by atoms with Gasteiger partial charge in [-0.15, -0.1) is 11.3 Å². The second-order valence-corrected chi connectivity index (χ2v) is 4.63. The van der Waals surface area contributed by atoms with Gasteiger partial charge in [-0.05, 0) is 23.6 Å². The number of hydrogen-bond donors (Lipinski definition) is 0. The summed E-state index contributed by atoms with van der Waals surface area (Å²) >= 11 is 7.48. The monoisotopic (exact) mass is 280 g/mol. The van der Waals surface area contributed by atoms with Gasteiger partial charge in [0.05, 0.1) is 17.8 Å². The van der Waals surface area contributed by atoms with Gasteiger partial charge in [0.25, 0.3) is 0 Å². The molecule has 0 aliphatic rings. The van der Waals surface area contributed by atoms with Gasteiger partial charge in [-0.2, -0.15) is 0 Å². The molecule has 4 nitrogen and oxygen atoms in total. The summed E-state index contributed by atoms with van der Waals surface area (Å²) < 4.78 is 4.66. The Morgan fingerprint density at radius 3 is 3.00 bits per heavy atom. The zero-order valence-corrected chi connectivity index (χ0v) is 11.0. The first-order valence-electron chi connectivity index (χ1n) is 5.01. The number of thiophene rings is 1. The van der Waals surface area contributed by atoms with Crippen molar-refractivity contribution in [2.45, 2.75) is 0 Å². The van der Waals surface area contributed by atoms with Crippen molar-refractivity contribution in [1.29, 1.82) is 0 Å². The lowest BCUT2D eigenvalue weighted by Crippen LogP contribution is -2.05. The summed E-state index contributed by atoms with van der Waals surface area (Å²) in [7, 11) is 1.32. The van der Waals surface area contributed by atoms with Crippen LogP contribution in [0, 0.1) is 0 Å². The van der Waals surface area contributed by atoms with Crippen LogP contribution in [0.2, 0.25) is 5.02 Å². The molecule has 0 fully saturated rings. The Hall–Kier alpha value is -1.72. The lowest BCUT2D eigenvalue weighted by molar-refractivity contribution is 0.0599. The molecule has 0 aliphatic heterocycles. The number of nitrogens with zero attached hydrogens (tertiary/aromatic N) is 2. The van der Waals surface area contributed by atoms with E-state index in [9.17, 15) is 4.79 Å². The van der Waals surface area contributed by atoms with E-state index in [0.717, 1.165) is 4.88 Å². The van der Waals surface area contributed by atoms with E-state index < -0.39 is 5.97 Å². The molecule has 0 aromatic carbocycles. The first-order chi connectivity index (χ1) is 8.72. The summed E-state index contributed by atoms with van der Waals surface area (Å²) in [5.41, 5.74) is 0.824. The lowest BCUT2D eigenvalue weighted by Gasteiger charge is -2.01. The zero-order chi connectivity index (χ0) is 13.0.